The van der Waals surface area contributed by atoms with Crippen LogP contribution in [0.1, 0.15) is 44.5 Å². The van der Waals surface area contributed by atoms with Crippen molar-refractivity contribution < 1.29 is 22.7 Å². The van der Waals surface area contributed by atoms with E-state index < -0.39 is 21.9 Å². The molecule has 7 nitrogen and oxygen atoms in total. The lowest BCUT2D eigenvalue weighted by Gasteiger charge is -2.25. The molecule has 1 aromatic carbocycles. The van der Waals surface area contributed by atoms with Crippen LogP contribution in [0, 0.1) is 5.92 Å². The van der Waals surface area contributed by atoms with E-state index >= 15 is 0 Å². The monoisotopic (exact) mass is 432 g/mol. The number of amides is 1. The number of esters is 1. The molecule has 0 radical (unpaired) electrons. The van der Waals surface area contributed by atoms with E-state index in [-0.39, 0.29) is 34.4 Å². The molecule has 0 saturated carbocycles. The van der Waals surface area contributed by atoms with Crippen LogP contribution in [-0.4, -0.2) is 62.8 Å². The van der Waals surface area contributed by atoms with Gasteiger partial charge in [-0.05, 0) is 24.1 Å². The van der Waals surface area contributed by atoms with Crippen LogP contribution in [0.4, 0.5) is 0 Å². The summed E-state index contributed by atoms with van der Waals surface area (Å²) in [6.07, 6.45) is 0.0457. The van der Waals surface area contributed by atoms with Gasteiger partial charge in [0.05, 0.1) is 29.0 Å². The van der Waals surface area contributed by atoms with E-state index in [1.165, 1.54) is 34.5 Å². The Kier molecular flexibility index (Phi) is 9.39. The number of hydrogen-bond acceptors (Lipinski definition) is 5. The predicted molar refractivity (Wildman–Crippen MR) is 109 cm³/mol. The van der Waals surface area contributed by atoms with Gasteiger partial charge in [0.25, 0.3) is 5.91 Å². The number of halogens is 1. The molecule has 1 amide bonds. The van der Waals surface area contributed by atoms with Gasteiger partial charge in [0.2, 0.25) is 10.0 Å². The maximum Gasteiger partial charge on any atom is 0.307 e. The minimum Gasteiger partial charge on any atom is -0.469 e. The van der Waals surface area contributed by atoms with Crippen LogP contribution in [0.25, 0.3) is 0 Å². The number of rotatable bonds is 10. The van der Waals surface area contributed by atoms with Gasteiger partial charge in [-0.1, -0.05) is 39.3 Å². The maximum absolute atomic E-state index is 13.1. The number of hydrogen-bond donors (Lipinski definition) is 0. The smallest absolute Gasteiger partial charge is 0.307 e. The summed E-state index contributed by atoms with van der Waals surface area (Å²) in [7, 11) is -2.44. The molecule has 1 rings (SSSR count). The molecule has 0 atom stereocenters. The van der Waals surface area contributed by atoms with Crippen LogP contribution >= 0.6 is 11.6 Å². The zero-order valence-electron chi connectivity index (χ0n) is 17.1. The van der Waals surface area contributed by atoms with Gasteiger partial charge in [-0.15, -0.1) is 0 Å². The summed E-state index contributed by atoms with van der Waals surface area (Å²) in [4.78, 5) is 26.1. The summed E-state index contributed by atoms with van der Waals surface area (Å²) in [6.45, 7) is 8.60. The second-order valence-electron chi connectivity index (χ2n) is 6.70. The molecule has 0 aliphatic rings. The van der Waals surface area contributed by atoms with Crippen molar-refractivity contribution in [3.63, 3.8) is 0 Å². The Balaban J connectivity index is 3.27. The lowest BCUT2D eigenvalue weighted by Crippen LogP contribution is -2.36. The highest BCUT2D eigenvalue weighted by Gasteiger charge is 2.26. The molecule has 1 aromatic rings. The van der Waals surface area contributed by atoms with Crippen molar-refractivity contribution in [2.45, 2.75) is 39.0 Å². The number of methoxy groups -OCH3 is 1. The molecule has 0 aliphatic carbocycles. The van der Waals surface area contributed by atoms with E-state index in [1.807, 2.05) is 13.8 Å². The van der Waals surface area contributed by atoms with Gasteiger partial charge in [-0.25, -0.2) is 8.42 Å². The Morgan fingerprint density at radius 1 is 1.18 bits per heavy atom. The van der Waals surface area contributed by atoms with Crippen LogP contribution in [0.2, 0.25) is 5.02 Å². The zero-order chi connectivity index (χ0) is 21.5. The Morgan fingerprint density at radius 2 is 1.79 bits per heavy atom. The van der Waals surface area contributed by atoms with Gasteiger partial charge in [0.15, 0.2) is 0 Å². The third-order valence-corrected chi connectivity index (χ3v) is 6.57. The van der Waals surface area contributed by atoms with E-state index in [0.717, 1.165) is 0 Å². The van der Waals surface area contributed by atoms with E-state index in [2.05, 4.69) is 4.74 Å². The molecule has 158 valence electrons. The zero-order valence-corrected chi connectivity index (χ0v) is 18.6. The first kappa shape index (κ1) is 24.4. The van der Waals surface area contributed by atoms with Gasteiger partial charge < -0.3 is 9.64 Å². The normalized spacial score (nSPS) is 11.7. The number of nitrogens with zero attached hydrogens (tertiary/aromatic N) is 2. The Bertz CT molecular complexity index is 792. The molecule has 0 bridgehead atoms. The van der Waals surface area contributed by atoms with E-state index in [9.17, 15) is 18.0 Å². The highest BCUT2D eigenvalue weighted by atomic mass is 35.5. The van der Waals surface area contributed by atoms with Crippen LogP contribution < -0.4 is 0 Å². The predicted octanol–water partition coefficient (Wildman–Crippen LogP) is 3.03. The first-order valence-corrected chi connectivity index (χ1v) is 11.1. The van der Waals surface area contributed by atoms with E-state index in [1.54, 1.807) is 13.8 Å². The van der Waals surface area contributed by atoms with Crippen molar-refractivity contribution in [1.29, 1.82) is 0 Å². The maximum atomic E-state index is 13.1. The molecule has 0 saturated heterocycles. The molecule has 0 aliphatic heterocycles. The fraction of sp³-hybridized carbons (Fsp3) is 0.579. The average molecular weight is 433 g/mol. The molecule has 28 heavy (non-hydrogen) atoms. The number of carbonyl (C=O) groups excluding carboxylic acids is 2. The minimum atomic E-state index is -3.72. The summed E-state index contributed by atoms with van der Waals surface area (Å²) >= 11 is 6.21. The van der Waals surface area contributed by atoms with Crippen LogP contribution in [0.3, 0.4) is 0 Å². The number of ether oxygens (including phenoxy) is 1. The third kappa shape index (κ3) is 6.18. The second kappa shape index (κ2) is 10.8. The summed E-state index contributed by atoms with van der Waals surface area (Å²) < 4.78 is 31.5. The highest BCUT2D eigenvalue weighted by molar-refractivity contribution is 7.89. The SMILES string of the molecule is CCN(CC)S(=O)(=O)c1ccc(Cl)c(C(=O)N(CCC(=O)OC)CC(C)C)c1. The summed E-state index contributed by atoms with van der Waals surface area (Å²) in [5.74, 6) is -0.687. The van der Waals surface area contributed by atoms with Gasteiger partial charge >= 0.3 is 5.97 Å². The highest BCUT2D eigenvalue weighted by Crippen LogP contribution is 2.24. The van der Waals surface area contributed by atoms with Crippen molar-refractivity contribution in [2.75, 3.05) is 33.3 Å². The molecule has 0 spiro atoms. The van der Waals surface area contributed by atoms with E-state index in [4.69, 9.17) is 11.6 Å². The number of carbonyl (C=O) groups is 2. The molecule has 9 heteroatoms. The third-order valence-electron chi connectivity index (χ3n) is 4.20. The molecular weight excluding hydrogens is 404 g/mol. The fourth-order valence-corrected chi connectivity index (χ4v) is 4.44. The fourth-order valence-electron chi connectivity index (χ4n) is 2.76. The molecule has 0 N–H and O–H groups in total. The average Bonchev–Trinajstić information content (AvgIpc) is 2.64. The summed E-state index contributed by atoms with van der Waals surface area (Å²) in [5.41, 5.74) is 0.0976. The summed E-state index contributed by atoms with van der Waals surface area (Å²) in [6, 6.07) is 4.12. The Labute approximate surface area is 172 Å². The van der Waals surface area contributed by atoms with Crippen molar-refractivity contribution in [1.82, 2.24) is 9.21 Å². The first-order valence-electron chi connectivity index (χ1n) is 9.24. The number of benzene rings is 1. The standard InChI is InChI=1S/C19H29ClN2O5S/c1-6-22(7-2)28(25,26)15-8-9-17(20)16(12-15)19(24)21(13-14(3)4)11-10-18(23)27-5/h8-9,12,14H,6-7,10-11,13H2,1-5H3. The van der Waals surface area contributed by atoms with Crippen LogP contribution in [0.15, 0.2) is 23.1 Å². The summed E-state index contributed by atoms with van der Waals surface area (Å²) in [5, 5.41) is 0.162. The van der Waals surface area contributed by atoms with Crippen molar-refractivity contribution in [3.8, 4) is 0 Å². The molecule has 0 fully saturated rings. The topological polar surface area (TPSA) is 84.0 Å². The lowest BCUT2D eigenvalue weighted by molar-refractivity contribution is -0.140. The van der Waals surface area contributed by atoms with Crippen molar-refractivity contribution in [3.05, 3.63) is 28.8 Å². The molecule has 0 aromatic heterocycles. The van der Waals surface area contributed by atoms with Gasteiger partial charge in [-0.2, -0.15) is 4.31 Å². The molecule has 0 unspecified atom stereocenters. The van der Waals surface area contributed by atoms with Crippen molar-refractivity contribution in [2.24, 2.45) is 5.92 Å². The van der Waals surface area contributed by atoms with Gasteiger partial charge in [0, 0.05) is 26.2 Å². The quantitative estimate of drug-likeness (QED) is 0.530. The largest absolute Gasteiger partial charge is 0.469 e. The minimum absolute atomic E-state index is 0.0152. The van der Waals surface area contributed by atoms with Crippen LogP contribution in [0.5, 0.6) is 0 Å². The van der Waals surface area contributed by atoms with Crippen LogP contribution in [-0.2, 0) is 19.6 Å². The molecular formula is C19H29ClN2O5S. The molecule has 0 heterocycles. The lowest BCUT2D eigenvalue weighted by atomic mass is 10.1. The second-order valence-corrected chi connectivity index (χ2v) is 9.05. The number of sulfonamides is 1. The van der Waals surface area contributed by atoms with E-state index in [0.29, 0.717) is 19.6 Å². The van der Waals surface area contributed by atoms with Gasteiger partial charge in [-0.3, -0.25) is 9.59 Å². The van der Waals surface area contributed by atoms with Gasteiger partial charge in [0.1, 0.15) is 0 Å². The first-order chi connectivity index (χ1) is 13.1. The Morgan fingerprint density at radius 3 is 2.29 bits per heavy atom. The Hall–Kier alpha value is -1.64. The van der Waals surface area contributed by atoms with Crippen molar-refractivity contribution >= 4 is 33.5 Å².